The van der Waals surface area contributed by atoms with Gasteiger partial charge in [0.25, 0.3) is 0 Å². The lowest BCUT2D eigenvalue weighted by Crippen LogP contribution is -2.31. The van der Waals surface area contributed by atoms with E-state index in [4.69, 9.17) is 18.0 Å². The van der Waals surface area contributed by atoms with Gasteiger partial charge in [0.05, 0.1) is 4.90 Å². The minimum atomic E-state index is -3.52. The van der Waals surface area contributed by atoms with Crippen LogP contribution in [0.5, 0.6) is 0 Å². The first-order chi connectivity index (χ1) is 9.90. The molecule has 116 valence electrons. The highest BCUT2D eigenvalue weighted by Crippen LogP contribution is 2.23. The minimum Gasteiger partial charge on any atom is -0.389 e. The maximum atomic E-state index is 12.5. The van der Waals surface area contributed by atoms with E-state index in [2.05, 4.69) is 4.72 Å². The van der Waals surface area contributed by atoms with Crippen LogP contribution in [0.1, 0.15) is 24.0 Å². The zero-order valence-corrected chi connectivity index (χ0v) is 14.4. The van der Waals surface area contributed by atoms with Gasteiger partial charge in [-0.1, -0.05) is 24.4 Å². The van der Waals surface area contributed by atoms with E-state index in [0.717, 1.165) is 24.3 Å². The maximum absolute atomic E-state index is 12.5. The smallest absolute Gasteiger partial charge is 0.240 e. The molecule has 0 radical (unpaired) electrons. The number of thiocarbonyl (C=S) groups is 1. The highest BCUT2D eigenvalue weighted by molar-refractivity contribution is 7.99. The van der Waals surface area contributed by atoms with Gasteiger partial charge in [0.2, 0.25) is 10.0 Å². The van der Waals surface area contributed by atoms with Gasteiger partial charge in [-0.05, 0) is 48.8 Å². The molecule has 1 heterocycles. The monoisotopic (exact) mass is 344 g/mol. The first-order valence-corrected chi connectivity index (χ1v) is 9.92. The standard InChI is InChI=1S/C14H20N2O2S3/c1-10-2-3-12(14(15)19)8-13(10)21(17,18)16-9-11-4-6-20-7-5-11/h2-3,8,11,16H,4-7,9H2,1H3,(H2,15,19). The molecule has 1 aromatic rings. The number of thioether (sulfide) groups is 1. The van der Waals surface area contributed by atoms with Crippen molar-refractivity contribution in [1.29, 1.82) is 0 Å². The number of aryl methyl sites for hydroxylation is 1. The Morgan fingerprint density at radius 3 is 2.71 bits per heavy atom. The van der Waals surface area contributed by atoms with Gasteiger partial charge in [0.1, 0.15) is 4.99 Å². The van der Waals surface area contributed by atoms with Gasteiger partial charge in [-0.2, -0.15) is 11.8 Å². The molecule has 4 nitrogen and oxygen atoms in total. The van der Waals surface area contributed by atoms with Crippen LogP contribution in [0, 0.1) is 12.8 Å². The molecule has 0 amide bonds. The summed E-state index contributed by atoms with van der Waals surface area (Å²) in [6.07, 6.45) is 2.14. The van der Waals surface area contributed by atoms with E-state index < -0.39 is 10.0 Å². The molecule has 1 fully saturated rings. The molecule has 0 aromatic heterocycles. The van der Waals surface area contributed by atoms with Gasteiger partial charge in [0, 0.05) is 12.1 Å². The Morgan fingerprint density at radius 2 is 2.10 bits per heavy atom. The molecular formula is C14H20N2O2S3. The van der Waals surface area contributed by atoms with E-state index in [0.29, 0.717) is 23.6 Å². The highest BCUT2D eigenvalue weighted by Gasteiger charge is 2.21. The Balaban J connectivity index is 2.14. The second-order valence-corrected chi connectivity index (χ2v) is 8.65. The molecule has 1 aliphatic heterocycles. The third-order valence-electron chi connectivity index (χ3n) is 3.67. The normalized spacial score (nSPS) is 16.8. The van der Waals surface area contributed by atoms with Crippen molar-refractivity contribution in [3.63, 3.8) is 0 Å². The number of nitrogens with two attached hydrogens (primary N) is 1. The van der Waals surface area contributed by atoms with Crippen molar-refractivity contribution in [2.75, 3.05) is 18.1 Å². The summed E-state index contributed by atoms with van der Waals surface area (Å²) in [6.45, 7) is 2.27. The summed E-state index contributed by atoms with van der Waals surface area (Å²) >= 11 is 6.85. The minimum absolute atomic E-state index is 0.204. The van der Waals surface area contributed by atoms with E-state index in [-0.39, 0.29) is 9.88 Å². The zero-order chi connectivity index (χ0) is 15.5. The van der Waals surface area contributed by atoms with Crippen LogP contribution in [0.15, 0.2) is 23.1 Å². The molecule has 1 aliphatic rings. The molecule has 1 saturated heterocycles. The number of hydrogen-bond acceptors (Lipinski definition) is 4. The lowest BCUT2D eigenvalue weighted by molar-refractivity contribution is 0.476. The summed E-state index contributed by atoms with van der Waals surface area (Å²) in [5, 5.41) is 0. The molecule has 7 heteroatoms. The lowest BCUT2D eigenvalue weighted by Gasteiger charge is -2.21. The summed E-state index contributed by atoms with van der Waals surface area (Å²) in [6, 6.07) is 5.03. The number of benzene rings is 1. The highest BCUT2D eigenvalue weighted by atomic mass is 32.2. The molecule has 1 aromatic carbocycles. The second-order valence-electron chi connectivity index (χ2n) is 5.25. The van der Waals surface area contributed by atoms with Crippen LogP contribution in [-0.2, 0) is 10.0 Å². The van der Waals surface area contributed by atoms with Crippen molar-refractivity contribution in [2.24, 2.45) is 11.7 Å². The predicted molar refractivity (Wildman–Crippen MR) is 92.3 cm³/mol. The van der Waals surface area contributed by atoms with Crippen molar-refractivity contribution in [3.05, 3.63) is 29.3 Å². The third kappa shape index (κ3) is 4.42. The van der Waals surface area contributed by atoms with Crippen LogP contribution in [0.3, 0.4) is 0 Å². The average Bonchev–Trinajstić information content (AvgIpc) is 2.46. The Morgan fingerprint density at radius 1 is 1.43 bits per heavy atom. The summed E-state index contributed by atoms with van der Waals surface area (Å²) in [5.41, 5.74) is 6.85. The molecule has 0 atom stereocenters. The summed E-state index contributed by atoms with van der Waals surface area (Å²) in [7, 11) is -3.52. The molecule has 0 spiro atoms. The van der Waals surface area contributed by atoms with E-state index in [1.54, 1.807) is 25.1 Å². The Bertz CT molecular complexity index is 623. The number of rotatable bonds is 5. The van der Waals surface area contributed by atoms with E-state index in [1.165, 1.54) is 0 Å². The number of hydrogen-bond donors (Lipinski definition) is 2. The van der Waals surface area contributed by atoms with Crippen molar-refractivity contribution in [3.8, 4) is 0 Å². The number of sulfonamides is 1. The van der Waals surface area contributed by atoms with Crippen LogP contribution in [0.4, 0.5) is 0 Å². The molecular weight excluding hydrogens is 324 g/mol. The maximum Gasteiger partial charge on any atom is 0.240 e. The van der Waals surface area contributed by atoms with Gasteiger partial charge in [0.15, 0.2) is 0 Å². The Kier molecular flexibility index (Phi) is 5.65. The SMILES string of the molecule is Cc1ccc(C(N)=S)cc1S(=O)(=O)NCC1CCSCC1. The van der Waals surface area contributed by atoms with Crippen LogP contribution in [0.2, 0.25) is 0 Å². The van der Waals surface area contributed by atoms with Crippen LogP contribution in [-0.4, -0.2) is 31.5 Å². The summed E-state index contributed by atoms with van der Waals surface area (Å²) in [5.74, 6) is 2.66. The van der Waals surface area contributed by atoms with Gasteiger partial charge in [-0.15, -0.1) is 0 Å². The third-order valence-corrected chi connectivity index (χ3v) is 6.52. The van der Waals surface area contributed by atoms with E-state index >= 15 is 0 Å². The first kappa shape index (κ1) is 16.7. The molecule has 0 saturated carbocycles. The fourth-order valence-electron chi connectivity index (χ4n) is 2.30. The van der Waals surface area contributed by atoms with Crippen molar-refractivity contribution >= 4 is 39.0 Å². The molecule has 2 rings (SSSR count). The predicted octanol–water partition coefficient (Wildman–Crippen LogP) is 2.05. The summed E-state index contributed by atoms with van der Waals surface area (Å²) < 4.78 is 27.7. The fraction of sp³-hybridized carbons (Fsp3) is 0.500. The van der Waals surface area contributed by atoms with E-state index in [9.17, 15) is 8.42 Å². The average molecular weight is 345 g/mol. The molecule has 0 bridgehead atoms. The summed E-state index contributed by atoms with van der Waals surface area (Å²) in [4.78, 5) is 0.466. The molecule has 21 heavy (non-hydrogen) atoms. The lowest BCUT2D eigenvalue weighted by atomic mass is 10.0. The second kappa shape index (κ2) is 7.09. The topological polar surface area (TPSA) is 72.2 Å². The van der Waals surface area contributed by atoms with Crippen molar-refractivity contribution in [2.45, 2.75) is 24.7 Å². The Labute approximate surface area is 135 Å². The van der Waals surface area contributed by atoms with Crippen LogP contribution >= 0.6 is 24.0 Å². The molecule has 3 N–H and O–H groups in total. The van der Waals surface area contributed by atoms with Gasteiger partial charge in [-0.3, -0.25) is 0 Å². The Hall–Kier alpha value is -0.630. The van der Waals surface area contributed by atoms with Crippen LogP contribution in [0.25, 0.3) is 0 Å². The van der Waals surface area contributed by atoms with Gasteiger partial charge in [-0.25, -0.2) is 13.1 Å². The van der Waals surface area contributed by atoms with Crippen molar-refractivity contribution in [1.82, 2.24) is 4.72 Å². The van der Waals surface area contributed by atoms with Gasteiger partial charge < -0.3 is 5.73 Å². The first-order valence-electron chi connectivity index (χ1n) is 6.88. The zero-order valence-electron chi connectivity index (χ0n) is 12.0. The quantitative estimate of drug-likeness (QED) is 0.800. The van der Waals surface area contributed by atoms with Crippen molar-refractivity contribution < 1.29 is 8.42 Å². The fourth-order valence-corrected chi connectivity index (χ4v) is 5.01. The van der Waals surface area contributed by atoms with Gasteiger partial charge >= 0.3 is 0 Å². The largest absolute Gasteiger partial charge is 0.389 e. The van der Waals surface area contributed by atoms with Crippen LogP contribution < -0.4 is 10.5 Å². The van der Waals surface area contributed by atoms with E-state index in [1.807, 2.05) is 11.8 Å². The molecule has 0 unspecified atom stereocenters. The molecule has 0 aliphatic carbocycles. The number of nitrogens with one attached hydrogen (secondary N) is 1.